The smallest absolute Gasteiger partial charge is 0.393 e. The summed E-state index contributed by atoms with van der Waals surface area (Å²) in [5.41, 5.74) is 0. The summed E-state index contributed by atoms with van der Waals surface area (Å²) >= 11 is 0. The summed E-state index contributed by atoms with van der Waals surface area (Å²) in [4.78, 5) is 23.4. The van der Waals surface area contributed by atoms with Crippen LogP contribution >= 0.6 is 7.82 Å². The lowest BCUT2D eigenvalue weighted by Crippen LogP contribution is -2.64. The van der Waals surface area contributed by atoms with E-state index < -0.39 is 75.2 Å². The molecule has 0 aromatic heterocycles. The molecule has 0 aromatic rings. The number of phosphoric ester groups is 1. The van der Waals surface area contributed by atoms with Gasteiger partial charge < -0.3 is 46.0 Å². The van der Waals surface area contributed by atoms with Crippen LogP contribution in [0.2, 0.25) is 0 Å². The van der Waals surface area contributed by atoms with Gasteiger partial charge in [-0.2, -0.15) is 0 Å². The lowest BCUT2D eigenvalue weighted by Gasteiger charge is -2.41. The van der Waals surface area contributed by atoms with E-state index >= 15 is 0 Å². The Morgan fingerprint density at radius 2 is 0.950 bits per heavy atom. The molecule has 0 radical (unpaired) electrons. The van der Waals surface area contributed by atoms with E-state index in [1.165, 1.54) is 141 Å². The molecule has 0 spiro atoms. The van der Waals surface area contributed by atoms with Gasteiger partial charge in [0.1, 0.15) is 36.6 Å². The van der Waals surface area contributed by atoms with Crippen LogP contribution < -0.4 is 5.32 Å². The number of nitrogens with one attached hydrogen (secondary N) is 1. The van der Waals surface area contributed by atoms with E-state index in [0.717, 1.165) is 44.9 Å². The number of aliphatic hydroxyl groups excluding tert-OH is 7. The van der Waals surface area contributed by atoms with Crippen molar-refractivity contribution in [3.8, 4) is 0 Å². The van der Waals surface area contributed by atoms with Crippen LogP contribution in [-0.4, -0.2) is 108 Å². The van der Waals surface area contributed by atoms with Crippen molar-refractivity contribution >= 4 is 13.7 Å². The molecule has 1 aliphatic rings. The fourth-order valence-corrected chi connectivity index (χ4v) is 8.86. The van der Waals surface area contributed by atoms with E-state index in [2.05, 4.69) is 19.2 Å². The minimum absolute atomic E-state index is 0.240. The molecule has 8 unspecified atom stereocenters. The maximum absolute atomic E-state index is 13.0. The van der Waals surface area contributed by atoms with Crippen molar-refractivity contribution in [3.63, 3.8) is 0 Å². The number of carbonyl (C=O) groups is 1. The third kappa shape index (κ3) is 28.0. The highest BCUT2D eigenvalue weighted by Gasteiger charge is 2.51. The van der Waals surface area contributed by atoms with Crippen LogP contribution in [0.3, 0.4) is 0 Å². The Bertz CT molecular complexity index is 1090. The van der Waals surface area contributed by atoms with Gasteiger partial charge in [0, 0.05) is 0 Å². The third-order valence-electron chi connectivity index (χ3n) is 11.9. The summed E-state index contributed by atoms with van der Waals surface area (Å²) in [6.07, 6.45) is 24.4. The number of allylic oxidation sites excluding steroid dienone is 1. The highest BCUT2D eigenvalue weighted by Crippen LogP contribution is 2.47. The molecule has 1 saturated carbocycles. The van der Waals surface area contributed by atoms with Crippen molar-refractivity contribution in [2.24, 2.45) is 0 Å². The van der Waals surface area contributed by atoms with E-state index in [9.17, 15) is 50.0 Å². The number of phosphoric acid groups is 1. The summed E-state index contributed by atoms with van der Waals surface area (Å²) in [5, 5.41) is 74.5. The van der Waals surface area contributed by atoms with Gasteiger partial charge >= 0.3 is 7.82 Å². The number of rotatable bonds is 40. The zero-order valence-electron chi connectivity index (χ0n) is 37.6. The van der Waals surface area contributed by atoms with Crippen molar-refractivity contribution in [2.75, 3.05) is 6.61 Å². The highest BCUT2D eigenvalue weighted by atomic mass is 31.2. The largest absolute Gasteiger partial charge is 0.472 e. The first-order chi connectivity index (χ1) is 28.8. The maximum Gasteiger partial charge on any atom is 0.472 e. The van der Waals surface area contributed by atoms with Gasteiger partial charge in [-0.1, -0.05) is 199 Å². The summed E-state index contributed by atoms with van der Waals surface area (Å²) in [7, 11) is -5.14. The quantitative estimate of drug-likeness (QED) is 0.0161. The Hall–Kier alpha value is -0.960. The molecular weight excluding hydrogens is 789 g/mol. The van der Waals surface area contributed by atoms with Gasteiger partial charge in [0.25, 0.3) is 0 Å². The van der Waals surface area contributed by atoms with E-state index in [-0.39, 0.29) is 6.42 Å². The molecule has 8 atom stereocenters. The van der Waals surface area contributed by atoms with Crippen LogP contribution in [0.4, 0.5) is 0 Å². The first kappa shape index (κ1) is 57.1. The van der Waals surface area contributed by atoms with Crippen LogP contribution in [0, 0.1) is 0 Å². The van der Waals surface area contributed by atoms with Crippen molar-refractivity contribution < 1.29 is 59.0 Å². The fourth-order valence-electron chi connectivity index (χ4n) is 7.89. The van der Waals surface area contributed by atoms with Gasteiger partial charge in [-0.05, 0) is 19.3 Å². The zero-order chi connectivity index (χ0) is 44.4. The van der Waals surface area contributed by atoms with Crippen molar-refractivity contribution in [1.29, 1.82) is 0 Å². The first-order valence-electron chi connectivity index (χ1n) is 24.2. The second kappa shape index (κ2) is 36.4. The first-order valence-corrected chi connectivity index (χ1v) is 25.7. The van der Waals surface area contributed by atoms with Crippen molar-refractivity contribution in [3.05, 3.63) is 12.2 Å². The number of amides is 1. The summed E-state index contributed by atoms with van der Waals surface area (Å²) < 4.78 is 22.9. The summed E-state index contributed by atoms with van der Waals surface area (Å²) in [6, 6.07) is -1.23. The van der Waals surface area contributed by atoms with Gasteiger partial charge in [-0.15, -0.1) is 0 Å². The lowest BCUT2D eigenvalue weighted by atomic mass is 9.85. The highest BCUT2D eigenvalue weighted by molar-refractivity contribution is 7.47. The molecule has 0 aromatic carbocycles. The molecule has 356 valence electrons. The van der Waals surface area contributed by atoms with Gasteiger partial charge in [-0.3, -0.25) is 13.8 Å². The van der Waals surface area contributed by atoms with Crippen LogP contribution in [-0.2, 0) is 18.4 Å². The average molecular weight is 880 g/mol. The molecule has 1 rings (SSSR count). The van der Waals surface area contributed by atoms with Crippen LogP contribution in [0.15, 0.2) is 12.2 Å². The predicted molar refractivity (Wildman–Crippen MR) is 238 cm³/mol. The second-order valence-electron chi connectivity index (χ2n) is 17.5. The van der Waals surface area contributed by atoms with Crippen molar-refractivity contribution in [2.45, 2.75) is 268 Å². The van der Waals surface area contributed by atoms with Gasteiger partial charge in [0.05, 0.1) is 31.3 Å². The molecule has 1 amide bonds. The molecule has 1 fully saturated rings. The number of hydrogen-bond donors (Lipinski definition) is 9. The molecule has 1 aliphatic carbocycles. The molecule has 60 heavy (non-hydrogen) atoms. The molecular formula is C46H90NO12P. The molecule has 9 N–H and O–H groups in total. The number of hydrogen-bond acceptors (Lipinski definition) is 11. The van der Waals surface area contributed by atoms with E-state index in [1.807, 2.05) is 0 Å². The van der Waals surface area contributed by atoms with Gasteiger partial charge in [-0.25, -0.2) is 4.57 Å². The topological polar surface area (TPSA) is 226 Å². The Morgan fingerprint density at radius 3 is 1.37 bits per heavy atom. The molecule has 0 saturated heterocycles. The fraction of sp³-hybridized carbons (Fsp3) is 0.935. The predicted octanol–water partition coefficient (Wildman–Crippen LogP) is 8.20. The molecule has 0 bridgehead atoms. The average Bonchev–Trinajstić information content (AvgIpc) is 3.22. The maximum atomic E-state index is 13.0. The minimum Gasteiger partial charge on any atom is -0.393 e. The Labute approximate surface area is 363 Å². The lowest BCUT2D eigenvalue weighted by molar-refractivity contribution is -0.220. The molecule has 13 nitrogen and oxygen atoms in total. The van der Waals surface area contributed by atoms with E-state index in [4.69, 9.17) is 9.05 Å². The minimum atomic E-state index is -5.14. The molecule has 0 heterocycles. The summed E-state index contributed by atoms with van der Waals surface area (Å²) in [5.74, 6) is -0.590. The van der Waals surface area contributed by atoms with E-state index in [1.54, 1.807) is 6.08 Å². The van der Waals surface area contributed by atoms with Crippen molar-refractivity contribution in [1.82, 2.24) is 5.32 Å². The second-order valence-corrected chi connectivity index (χ2v) is 18.9. The SMILES string of the molecule is CCCCCCCCCCCCC/C=C/C(O)C(COP(=O)(O)OC1C(O)C(O)C(O)C(O)C1O)NC(=O)CC(O)CCCCCCCCCCCCCCCCCCC. The van der Waals surface area contributed by atoms with Crippen LogP contribution in [0.1, 0.15) is 213 Å². The van der Waals surface area contributed by atoms with Crippen LogP contribution in [0.25, 0.3) is 0 Å². The zero-order valence-corrected chi connectivity index (χ0v) is 38.5. The molecule has 14 heteroatoms. The monoisotopic (exact) mass is 880 g/mol. The Balaban J connectivity index is 2.50. The normalized spacial score (nSPS) is 23.4. The Kier molecular flexibility index (Phi) is 34.6. The van der Waals surface area contributed by atoms with Gasteiger partial charge in [0.15, 0.2) is 0 Å². The number of unbranched alkanes of at least 4 members (excludes halogenated alkanes) is 27. The molecule has 0 aliphatic heterocycles. The van der Waals surface area contributed by atoms with E-state index in [0.29, 0.717) is 12.8 Å². The third-order valence-corrected chi connectivity index (χ3v) is 12.9. The van der Waals surface area contributed by atoms with Gasteiger partial charge in [0.2, 0.25) is 5.91 Å². The standard InChI is InChI=1S/C46H90NO12P/c1-3-5-7-9-11-13-15-17-18-19-20-22-23-25-27-29-31-33-37(48)35-40(50)47-38(39(49)34-32-30-28-26-24-21-16-14-12-10-8-6-4-2)36-58-60(56,57)59-46-44(54)42(52)41(51)43(53)45(46)55/h32,34,37-39,41-46,48-49,51-55H,3-31,33,35-36H2,1-2H3,(H,47,50)(H,56,57)/b34-32+. The number of aliphatic hydroxyl groups is 7. The number of carbonyl (C=O) groups excluding carboxylic acids is 1. The van der Waals surface area contributed by atoms with Crippen LogP contribution in [0.5, 0.6) is 0 Å². The summed E-state index contributed by atoms with van der Waals surface area (Å²) in [6.45, 7) is 3.74. The Morgan fingerprint density at radius 1 is 0.583 bits per heavy atom.